The number of methoxy groups -OCH3 is 1. The molecule has 1 fully saturated rings. The second-order valence-corrected chi connectivity index (χ2v) is 6.59. The molecule has 0 amide bonds. The van der Waals surface area contributed by atoms with Gasteiger partial charge in [0.25, 0.3) is 0 Å². The van der Waals surface area contributed by atoms with Crippen molar-refractivity contribution in [1.82, 2.24) is 0 Å². The van der Waals surface area contributed by atoms with Crippen molar-refractivity contribution in [3.63, 3.8) is 0 Å². The first-order valence-corrected chi connectivity index (χ1v) is 9.28. The summed E-state index contributed by atoms with van der Waals surface area (Å²) in [6.07, 6.45) is 2.21. The minimum absolute atomic E-state index is 0.00442. The molecule has 5 heteroatoms. The lowest BCUT2D eigenvalue weighted by atomic mass is 10.0. The summed E-state index contributed by atoms with van der Waals surface area (Å²) in [5, 5.41) is 0. The number of carbonyl (C=O) groups excluding carboxylic acids is 1. The number of carbonyl (C=O) groups is 1. The first-order valence-electron chi connectivity index (χ1n) is 9.28. The van der Waals surface area contributed by atoms with E-state index in [1.165, 1.54) is 0 Å². The van der Waals surface area contributed by atoms with Crippen molar-refractivity contribution in [2.75, 3.05) is 13.7 Å². The van der Waals surface area contributed by atoms with Gasteiger partial charge < -0.3 is 23.7 Å². The van der Waals surface area contributed by atoms with Gasteiger partial charge in [0.2, 0.25) is 0 Å². The molecule has 0 bridgehead atoms. The molecular weight excluding hydrogens is 344 g/mol. The molecule has 0 radical (unpaired) electrons. The summed E-state index contributed by atoms with van der Waals surface area (Å²) >= 11 is 0. The first-order chi connectivity index (χ1) is 13.3. The van der Waals surface area contributed by atoms with Crippen LogP contribution in [-0.2, 0) is 25.6 Å². The number of ether oxygens (including phenoxy) is 4. The standard InChI is InChI=1S/C22H26O5/c1-24-19-9-7-17(8-10-19)16-25-14-12-21-15-20(11-13-23)26-22(27-21)18-5-3-2-4-6-18/h2-10,13,20-22H,11-12,14-16H2,1H3/t20-,21+,22-/m1/s1. The number of hydrogen-bond acceptors (Lipinski definition) is 5. The van der Waals surface area contributed by atoms with Crippen LogP contribution in [-0.4, -0.2) is 32.2 Å². The average molecular weight is 370 g/mol. The quantitative estimate of drug-likeness (QED) is 0.492. The lowest BCUT2D eigenvalue weighted by molar-refractivity contribution is -0.249. The highest BCUT2D eigenvalue weighted by molar-refractivity contribution is 5.50. The van der Waals surface area contributed by atoms with Gasteiger partial charge in [-0.25, -0.2) is 0 Å². The molecule has 0 spiro atoms. The molecule has 2 aromatic carbocycles. The van der Waals surface area contributed by atoms with Crippen molar-refractivity contribution in [3.05, 3.63) is 65.7 Å². The van der Waals surface area contributed by atoms with Gasteiger partial charge in [0.05, 0.1) is 25.9 Å². The van der Waals surface area contributed by atoms with Gasteiger partial charge in [-0.2, -0.15) is 0 Å². The van der Waals surface area contributed by atoms with Crippen LogP contribution in [0.3, 0.4) is 0 Å². The summed E-state index contributed by atoms with van der Waals surface area (Å²) < 4.78 is 23.0. The lowest BCUT2D eigenvalue weighted by Gasteiger charge is -2.35. The SMILES string of the molecule is COc1ccc(COCC[C@H]2C[C@@H](CC=O)O[C@@H](c3ccccc3)O2)cc1. The maximum Gasteiger partial charge on any atom is 0.184 e. The van der Waals surface area contributed by atoms with Crippen molar-refractivity contribution in [3.8, 4) is 5.75 Å². The lowest BCUT2D eigenvalue weighted by Crippen LogP contribution is -2.34. The van der Waals surface area contributed by atoms with E-state index >= 15 is 0 Å². The molecule has 1 heterocycles. The van der Waals surface area contributed by atoms with Crippen LogP contribution in [0.4, 0.5) is 0 Å². The Labute approximate surface area is 160 Å². The van der Waals surface area contributed by atoms with E-state index in [9.17, 15) is 4.79 Å². The highest BCUT2D eigenvalue weighted by Crippen LogP contribution is 2.32. The van der Waals surface area contributed by atoms with Crippen LogP contribution in [0.1, 0.15) is 36.7 Å². The Bertz CT molecular complexity index is 686. The van der Waals surface area contributed by atoms with E-state index in [2.05, 4.69) is 0 Å². The van der Waals surface area contributed by atoms with Crippen LogP contribution in [0.2, 0.25) is 0 Å². The Hall–Kier alpha value is -2.21. The Morgan fingerprint density at radius 3 is 2.48 bits per heavy atom. The normalized spacial score (nSPS) is 22.3. The Kier molecular flexibility index (Phi) is 7.39. The molecule has 0 unspecified atom stereocenters. The first kappa shape index (κ1) is 19.5. The van der Waals surface area contributed by atoms with Crippen LogP contribution in [0.15, 0.2) is 54.6 Å². The topological polar surface area (TPSA) is 54.0 Å². The molecule has 0 saturated carbocycles. The van der Waals surface area contributed by atoms with Crippen LogP contribution >= 0.6 is 0 Å². The van der Waals surface area contributed by atoms with E-state index in [0.29, 0.717) is 26.1 Å². The Morgan fingerprint density at radius 1 is 1.04 bits per heavy atom. The molecule has 144 valence electrons. The van der Waals surface area contributed by atoms with Gasteiger partial charge in [0.15, 0.2) is 6.29 Å². The highest BCUT2D eigenvalue weighted by Gasteiger charge is 2.30. The van der Waals surface area contributed by atoms with E-state index in [-0.39, 0.29) is 12.2 Å². The molecule has 27 heavy (non-hydrogen) atoms. The molecule has 0 N–H and O–H groups in total. The fraction of sp³-hybridized carbons (Fsp3) is 0.409. The van der Waals surface area contributed by atoms with E-state index in [1.54, 1.807) is 7.11 Å². The molecule has 0 aromatic heterocycles. The molecule has 1 aliphatic rings. The second kappa shape index (κ2) is 10.2. The van der Waals surface area contributed by atoms with Crippen LogP contribution < -0.4 is 4.74 Å². The van der Waals surface area contributed by atoms with Gasteiger partial charge in [-0.3, -0.25) is 0 Å². The maximum absolute atomic E-state index is 10.9. The Balaban J connectivity index is 1.49. The van der Waals surface area contributed by atoms with Gasteiger partial charge >= 0.3 is 0 Å². The monoisotopic (exact) mass is 370 g/mol. The van der Waals surface area contributed by atoms with E-state index in [1.807, 2.05) is 54.6 Å². The Morgan fingerprint density at radius 2 is 1.78 bits per heavy atom. The summed E-state index contributed by atoms with van der Waals surface area (Å²) in [4.78, 5) is 10.9. The zero-order valence-corrected chi connectivity index (χ0v) is 15.6. The van der Waals surface area contributed by atoms with Crippen molar-refractivity contribution in [2.45, 2.75) is 44.4 Å². The van der Waals surface area contributed by atoms with Crippen molar-refractivity contribution in [2.24, 2.45) is 0 Å². The third-order valence-electron chi connectivity index (χ3n) is 4.60. The predicted octanol–water partition coefficient (Wildman–Crippen LogP) is 4.06. The average Bonchev–Trinajstić information content (AvgIpc) is 2.72. The number of aldehydes is 1. The third-order valence-corrected chi connectivity index (χ3v) is 4.60. The van der Waals surface area contributed by atoms with Gasteiger partial charge in [-0.05, 0) is 24.1 Å². The number of hydrogen-bond donors (Lipinski definition) is 0. The number of rotatable bonds is 9. The molecular formula is C22H26O5. The summed E-state index contributed by atoms with van der Waals surface area (Å²) in [6, 6.07) is 17.7. The van der Waals surface area contributed by atoms with Crippen molar-refractivity contribution >= 4 is 6.29 Å². The minimum Gasteiger partial charge on any atom is -0.497 e. The maximum atomic E-state index is 10.9. The third kappa shape index (κ3) is 5.89. The predicted molar refractivity (Wildman–Crippen MR) is 101 cm³/mol. The fourth-order valence-corrected chi connectivity index (χ4v) is 3.12. The summed E-state index contributed by atoms with van der Waals surface area (Å²) in [5.41, 5.74) is 2.07. The van der Waals surface area contributed by atoms with E-state index in [0.717, 1.165) is 29.6 Å². The van der Waals surface area contributed by atoms with Gasteiger partial charge in [0.1, 0.15) is 12.0 Å². The largest absolute Gasteiger partial charge is 0.497 e. The van der Waals surface area contributed by atoms with E-state index < -0.39 is 6.29 Å². The zero-order valence-electron chi connectivity index (χ0n) is 15.6. The summed E-state index contributed by atoms with van der Waals surface area (Å²) in [7, 11) is 1.65. The second-order valence-electron chi connectivity index (χ2n) is 6.59. The van der Waals surface area contributed by atoms with E-state index in [4.69, 9.17) is 18.9 Å². The zero-order chi connectivity index (χ0) is 18.9. The molecule has 1 saturated heterocycles. The minimum atomic E-state index is -0.434. The fourth-order valence-electron chi connectivity index (χ4n) is 3.12. The van der Waals surface area contributed by atoms with Crippen LogP contribution in [0.25, 0.3) is 0 Å². The van der Waals surface area contributed by atoms with Gasteiger partial charge in [0, 0.05) is 25.0 Å². The van der Waals surface area contributed by atoms with Crippen molar-refractivity contribution < 1.29 is 23.7 Å². The smallest absolute Gasteiger partial charge is 0.184 e. The van der Waals surface area contributed by atoms with Crippen molar-refractivity contribution in [1.29, 1.82) is 0 Å². The van der Waals surface area contributed by atoms with Crippen LogP contribution in [0, 0.1) is 0 Å². The van der Waals surface area contributed by atoms with Gasteiger partial charge in [-0.15, -0.1) is 0 Å². The number of benzene rings is 2. The molecule has 2 aromatic rings. The molecule has 1 aliphatic heterocycles. The summed E-state index contributed by atoms with van der Waals surface area (Å²) in [5.74, 6) is 0.836. The molecule has 5 nitrogen and oxygen atoms in total. The van der Waals surface area contributed by atoms with Gasteiger partial charge in [-0.1, -0.05) is 42.5 Å². The highest BCUT2D eigenvalue weighted by atomic mass is 16.7. The van der Waals surface area contributed by atoms with Crippen LogP contribution in [0.5, 0.6) is 5.75 Å². The molecule has 3 rings (SSSR count). The molecule has 3 atom stereocenters. The summed E-state index contributed by atoms with van der Waals surface area (Å²) in [6.45, 7) is 1.14. The molecule has 0 aliphatic carbocycles.